The van der Waals surface area contributed by atoms with Gasteiger partial charge in [0.25, 0.3) is 11.5 Å². The lowest BCUT2D eigenvalue weighted by atomic mass is 9.90. The van der Waals surface area contributed by atoms with Gasteiger partial charge in [-0.05, 0) is 39.7 Å². The van der Waals surface area contributed by atoms with Gasteiger partial charge in [-0.2, -0.15) is 44.5 Å². The number of halogens is 9. The molecular formula is C25H22F9N5O5S. The minimum Gasteiger partial charge on any atom is -0.481 e. The number of thiazole rings is 1. The molecular weight excluding hydrogens is 653 g/mol. The summed E-state index contributed by atoms with van der Waals surface area (Å²) in [4.78, 5) is 36.6. The highest BCUT2D eigenvalue weighted by Gasteiger charge is 2.72. The Balaban J connectivity index is 1.93. The summed E-state index contributed by atoms with van der Waals surface area (Å²) in [6, 6.07) is -0.968. The second-order valence-corrected chi connectivity index (χ2v) is 11.9. The average Bonchev–Trinajstić information content (AvgIpc) is 3.65. The van der Waals surface area contributed by atoms with Crippen LogP contribution in [0.1, 0.15) is 61.2 Å². The summed E-state index contributed by atoms with van der Waals surface area (Å²) in [6.45, 7) is 4.53. The van der Waals surface area contributed by atoms with Gasteiger partial charge in [0.15, 0.2) is 5.01 Å². The van der Waals surface area contributed by atoms with Crippen molar-refractivity contribution in [2.45, 2.75) is 70.2 Å². The number of hydrogen-bond donors (Lipinski definition) is 2. The smallest absolute Gasteiger partial charge is 0.432 e. The largest absolute Gasteiger partial charge is 0.481 e. The summed E-state index contributed by atoms with van der Waals surface area (Å²) in [5, 5.41) is 22.3. The van der Waals surface area contributed by atoms with Gasteiger partial charge in [-0.3, -0.25) is 14.6 Å². The molecule has 0 aliphatic carbocycles. The van der Waals surface area contributed by atoms with Gasteiger partial charge in [0.05, 0.1) is 21.5 Å². The molecule has 1 amide bonds. The molecule has 246 valence electrons. The normalized spacial score (nSPS) is 16.8. The maximum atomic E-state index is 14.3. The van der Waals surface area contributed by atoms with Crippen LogP contribution in [0, 0.1) is 5.41 Å². The Kier molecular flexibility index (Phi) is 8.49. The van der Waals surface area contributed by atoms with Crippen molar-refractivity contribution in [1.29, 1.82) is 0 Å². The van der Waals surface area contributed by atoms with Crippen LogP contribution in [0.2, 0.25) is 0 Å². The minimum absolute atomic E-state index is 0.0408. The monoisotopic (exact) mass is 675 g/mol. The number of hydrogen-bond acceptors (Lipinski definition) is 9. The molecule has 3 aromatic heterocycles. The van der Waals surface area contributed by atoms with E-state index < -0.39 is 74.9 Å². The summed E-state index contributed by atoms with van der Waals surface area (Å²) in [5.74, 6) is -2.71. The highest BCUT2D eigenvalue weighted by atomic mass is 32.1. The molecule has 1 unspecified atom stereocenters. The quantitative estimate of drug-likeness (QED) is 0.294. The Bertz CT molecular complexity index is 1600. The van der Waals surface area contributed by atoms with Gasteiger partial charge >= 0.3 is 24.5 Å². The molecule has 0 spiro atoms. The van der Waals surface area contributed by atoms with Crippen LogP contribution in [-0.4, -0.2) is 72.0 Å². The van der Waals surface area contributed by atoms with Crippen molar-refractivity contribution in [3.05, 3.63) is 35.1 Å². The number of aliphatic carboxylic acids is 1. The number of carbonyl (C=O) groups is 2. The third-order valence-corrected chi connectivity index (χ3v) is 8.20. The van der Waals surface area contributed by atoms with Gasteiger partial charge in [0.1, 0.15) is 5.69 Å². The molecule has 1 aliphatic heterocycles. The highest BCUT2D eigenvalue weighted by molar-refractivity contribution is 7.18. The van der Waals surface area contributed by atoms with Crippen LogP contribution < -0.4 is 0 Å². The molecule has 1 saturated heterocycles. The molecule has 0 radical (unpaired) electrons. The zero-order chi connectivity index (χ0) is 33.9. The number of carboxylic acids is 1. The van der Waals surface area contributed by atoms with E-state index in [1.54, 1.807) is 6.92 Å². The van der Waals surface area contributed by atoms with Crippen molar-refractivity contribution in [1.82, 2.24) is 25.0 Å². The third kappa shape index (κ3) is 6.21. The van der Waals surface area contributed by atoms with Crippen molar-refractivity contribution in [3.63, 3.8) is 0 Å². The van der Waals surface area contributed by atoms with Crippen LogP contribution in [-0.2, 0) is 23.0 Å². The van der Waals surface area contributed by atoms with Crippen molar-refractivity contribution in [2.75, 3.05) is 6.54 Å². The second-order valence-electron chi connectivity index (χ2n) is 10.9. The lowest BCUT2D eigenvalue weighted by Crippen LogP contribution is -2.54. The van der Waals surface area contributed by atoms with Crippen molar-refractivity contribution in [3.8, 4) is 21.3 Å². The van der Waals surface area contributed by atoms with Gasteiger partial charge in [0.2, 0.25) is 11.7 Å². The lowest BCUT2D eigenvalue weighted by molar-refractivity contribution is -0.377. The third-order valence-electron chi connectivity index (χ3n) is 7.12. The van der Waals surface area contributed by atoms with Crippen LogP contribution in [0.15, 0.2) is 16.8 Å². The average molecular weight is 676 g/mol. The molecule has 1 aliphatic rings. The van der Waals surface area contributed by atoms with Crippen molar-refractivity contribution >= 4 is 23.2 Å². The number of aromatic nitrogens is 4. The number of rotatable bonds is 7. The fourth-order valence-corrected chi connectivity index (χ4v) is 5.51. The molecule has 4 rings (SSSR count). The van der Waals surface area contributed by atoms with E-state index in [1.165, 1.54) is 18.7 Å². The Morgan fingerprint density at radius 3 is 2.20 bits per heavy atom. The van der Waals surface area contributed by atoms with Gasteiger partial charge in [-0.25, -0.2) is 4.98 Å². The van der Waals surface area contributed by atoms with E-state index >= 15 is 0 Å². The van der Waals surface area contributed by atoms with E-state index in [2.05, 4.69) is 20.1 Å². The zero-order valence-corrected chi connectivity index (χ0v) is 24.0. The molecule has 2 N–H and O–H groups in total. The van der Waals surface area contributed by atoms with E-state index in [0.717, 1.165) is 0 Å². The molecule has 3 aromatic rings. The summed E-state index contributed by atoms with van der Waals surface area (Å²) < 4.78 is 129. The Morgan fingerprint density at radius 2 is 1.69 bits per heavy atom. The fraction of sp³-hybridized carbons (Fsp3) is 0.520. The molecule has 0 aromatic carbocycles. The van der Waals surface area contributed by atoms with Crippen LogP contribution in [0.5, 0.6) is 0 Å². The Labute approximate surface area is 250 Å². The van der Waals surface area contributed by atoms with Gasteiger partial charge in [-0.1, -0.05) is 5.16 Å². The number of nitrogens with zero attached hydrogens (tertiary/aromatic N) is 5. The Hall–Kier alpha value is -3.81. The Morgan fingerprint density at radius 1 is 1.07 bits per heavy atom. The minimum atomic E-state index is -6.52. The first-order chi connectivity index (χ1) is 20.5. The summed E-state index contributed by atoms with van der Waals surface area (Å²) in [5.41, 5.74) is -13.4. The lowest BCUT2D eigenvalue weighted by Gasteiger charge is -2.32. The maximum Gasteiger partial charge on any atom is 0.432 e. The molecule has 1 fully saturated rings. The first kappa shape index (κ1) is 34.1. The molecule has 4 heterocycles. The molecule has 0 bridgehead atoms. The number of likely N-dealkylation sites (tertiary alicyclic amines) is 1. The van der Waals surface area contributed by atoms with Crippen molar-refractivity contribution < 1.29 is 63.8 Å². The topological polar surface area (TPSA) is 143 Å². The van der Waals surface area contributed by atoms with E-state index in [0.29, 0.717) is 24.2 Å². The van der Waals surface area contributed by atoms with Gasteiger partial charge in [0, 0.05) is 30.8 Å². The molecule has 45 heavy (non-hydrogen) atoms. The van der Waals surface area contributed by atoms with Crippen LogP contribution >= 0.6 is 11.3 Å². The first-order valence-electron chi connectivity index (χ1n) is 12.8. The molecule has 20 heteroatoms. The van der Waals surface area contributed by atoms with E-state index in [4.69, 9.17) is 4.52 Å². The molecule has 0 saturated carbocycles. The number of alkyl halides is 9. The number of aliphatic hydroxyl groups is 1. The zero-order valence-electron chi connectivity index (χ0n) is 23.2. The fourth-order valence-electron chi connectivity index (χ4n) is 4.50. The molecule has 10 nitrogen and oxygen atoms in total. The summed E-state index contributed by atoms with van der Waals surface area (Å²) in [6.07, 6.45) is -17.8. The van der Waals surface area contributed by atoms with Gasteiger partial charge < -0.3 is 19.6 Å². The van der Waals surface area contributed by atoms with Crippen LogP contribution in [0.4, 0.5) is 39.5 Å². The number of carbonyl (C=O) groups excluding carboxylic acids is 1. The SMILES string of the molecule is CC1CCCN1C(=O)c1nc(-c2noc(CC(C)(C)C(=O)O)n2)sc1-c1cnc(C(O)(C(F)(F)F)C(F)(F)F)cc1C(F)(F)F. The highest BCUT2D eigenvalue weighted by Crippen LogP contribution is 2.51. The molecule has 1 atom stereocenters. The second kappa shape index (κ2) is 11.2. The van der Waals surface area contributed by atoms with E-state index in [-0.39, 0.29) is 41.9 Å². The summed E-state index contributed by atoms with van der Waals surface area (Å²) >= 11 is 0.340. The number of pyridine rings is 1. The predicted octanol–water partition coefficient (Wildman–Crippen LogP) is 5.86. The van der Waals surface area contributed by atoms with Crippen molar-refractivity contribution in [2.24, 2.45) is 5.41 Å². The van der Waals surface area contributed by atoms with E-state index in [9.17, 15) is 59.3 Å². The number of carboxylic acid groups (broad SMARTS) is 1. The van der Waals surface area contributed by atoms with E-state index in [1.807, 2.05) is 0 Å². The summed E-state index contributed by atoms with van der Waals surface area (Å²) in [7, 11) is 0. The number of amides is 1. The standard InChI is InChI=1S/C25H22F9N5O5S/c1-10-5-4-6-39(10)19(40)15-16(45-18(37-15)17-36-14(44-38-17)8-21(2,3)20(41)42)11-9-35-13(7-12(11)23(26,27)28)22(43,24(29,30)31)25(32,33)34/h7,9-10,43H,4-6,8H2,1-3H3,(H,41,42). The predicted molar refractivity (Wildman–Crippen MR) is 134 cm³/mol. The van der Waals surface area contributed by atoms with Gasteiger partial charge in [-0.15, -0.1) is 11.3 Å². The van der Waals surface area contributed by atoms with Crippen LogP contribution in [0.3, 0.4) is 0 Å². The first-order valence-corrected chi connectivity index (χ1v) is 13.6. The van der Waals surface area contributed by atoms with Crippen LogP contribution in [0.25, 0.3) is 21.3 Å². The maximum absolute atomic E-state index is 14.3.